The molecule has 5 heteroatoms. The Kier molecular flexibility index (Phi) is 3.64. The fourth-order valence-corrected chi connectivity index (χ4v) is 0.953. The van der Waals surface area contributed by atoms with Crippen LogP contribution in [0.2, 0.25) is 0 Å². The number of aromatic nitrogens is 2. The number of nitrogens with one attached hydrogen (secondary N) is 1. The molecule has 2 atom stereocenters. The molecule has 0 saturated carbocycles. The number of nitrogens with two attached hydrogens (primary N) is 1. The summed E-state index contributed by atoms with van der Waals surface area (Å²) in [6.45, 7) is 4.10. The van der Waals surface area contributed by atoms with Gasteiger partial charge in [0.15, 0.2) is 0 Å². The largest absolute Gasteiger partial charge is 0.396 e. The highest BCUT2D eigenvalue weighted by molar-refractivity contribution is 5.39. The van der Waals surface area contributed by atoms with Crippen molar-refractivity contribution in [3.63, 3.8) is 0 Å². The van der Waals surface area contributed by atoms with Gasteiger partial charge in [-0.05, 0) is 25.0 Å². The predicted molar refractivity (Wildman–Crippen MR) is 55.8 cm³/mol. The number of hydrogen-bond donors (Lipinski definition) is 3. The maximum Gasteiger partial charge on any atom is 0.149 e. The fourth-order valence-electron chi connectivity index (χ4n) is 0.953. The van der Waals surface area contributed by atoms with Crippen molar-refractivity contribution in [2.75, 3.05) is 17.7 Å². The first-order valence-corrected chi connectivity index (χ1v) is 4.60. The second-order valence-electron chi connectivity index (χ2n) is 3.44. The van der Waals surface area contributed by atoms with Gasteiger partial charge in [-0.15, -0.1) is 10.2 Å². The van der Waals surface area contributed by atoms with Crippen molar-refractivity contribution in [2.24, 2.45) is 5.92 Å². The summed E-state index contributed by atoms with van der Waals surface area (Å²) in [4.78, 5) is 0. The lowest BCUT2D eigenvalue weighted by atomic mass is 10.1. The van der Waals surface area contributed by atoms with Crippen LogP contribution in [0, 0.1) is 5.92 Å². The summed E-state index contributed by atoms with van der Waals surface area (Å²) >= 11 is 0. The Labute approximate surface area is 83.3 Å². The minimum Gasteiger partial charge on any atom is -0.396 e. The molecule has 0 bridgehead atoms. The molecule has 0 amide bonds. The molecule has 1 heterocycles. The first-order valence-electron chi connectivity index (χ1n) is 4.60. The summed E-state index contributed by atoms with van der Waals surface area (Å²) in [6.07, 6.45) is 0. The maximum absolute atomic E-state index is 8.93. The van der Waals surface area contributed by atoms with Crippen LogP contribution < -0.4 is 11.1 Å². The number of rotatable bonds is 4. The van der Waals surface area contributed by atoms with Crippen molar-refractivity contribution in [2.45, 2.75) is 19.9 Å². The highest BCUT2D eigenvalue weighted by Crippen LogP contribution is 2.09. The summed E-state index contributed by atoms with van der Waals surface area (Å²) in [5, 5.41) is 19.6. The van der Waals surface area contributed by atoms with Gasteiger partial charge in [-0.3, -0.25) is 0 Å². The summed E-state index contributed by atoms with van der Waals surface area (Å²) in [5.41, 5.74) is 5.40. The zero-order valence-electron chi connectivity index (χ0n) is 8.44. The molecule has 0 radical (unpaired) electrons. The van der Waals surface area contributed by atoms with Crippen molar-refractivity contribution in [3.05, 3.63) is 12.1 Å². The zero-order chi connectivity index (χ0) is 10.6. The molecule has 5 nitrogen and oxygen atoms in total. The van der Waals surface area contributed by atoms with E-state index in [2.05, 4.69) is 15.5 Å². The first kappa shape index (κ1) is 10.7. The Hall–Kier alpha value is -1.36. The molecular weight excluding hydrogens is 180 g/mol. The number of aliphatic hydroxyl groups is 1. The van der Waals surface area contributed by atoms with Crippen LogP contribution in [0.5, 0.6) is 0 Å². The van der Waals surface area contributed by atoms with Crippen molar-refractivity contribution in [1.82, 2.24) is 10.2 Å². The summed E-state index contributed by atoms with van der Waals surface area (Å²) < 4.78 is 0. The van der Waals surface area contributed by atoms with Crippen LogP contribution in [0.1, 0.15) is 13.8 Å². The lowest BCUT2D eigenvalue weighted by Crippen LogP contribution is -2.26. The molecule has 0 aliphatic carbocycles. The van der Waals surface area contributed by atoms with Gasteiger partial charge in [-0.1, -0.05) is 6.92 Å². The van der Waals surface area contributed by atoms with Crippen molar-refractivity contribution in [1.29, 1.82) is 0 Å². The number of hydrogen-bond acceptors (Lipinski definition) is 5. The normalized spacial score (nSPS) is 14.8. The minimum absolute atomic E-state index is 0.149. The molecule has 4 N–H and O–H groups in total. The van der Waals surface area contributed by atoms with E-state index in [0.29, 0.717) is 11.6 Å². The lowest BCUT2D eigenvalue weighted by Gasteiger charge is -2.19. The average molecular weight is 196 g/mol. The fraction of sp³-hybridized carbons (Fsp3) is 0.556. The summed E-state index contributed by atoms with van der Waals surface area (Å²) in [5.74, 6) is 1.25. The molecule has 1 aromatic rings. The van der Waals surface area contributed by atoms with Crippen LogP contribution in [0.15, 0.2) is 12.1 Å². The van der Waals surface area contributed by atoms with Crippen molar-refractivity contribution in [3.8, 4) is 0 Å². The second-order valence-corrected chi connectivity index (χ2v) is 3.44. The van der Waals surface area contributed by atoms with E-state index in [1.807, 2.05) is 13.8 Å². The van der Waals surface area contributed by atoms with E-state index >= 15 is 0 Å². The summed E-state index contributed by atoms with van der Waals surface area (Å²) in [6, 6.07) is 3.60. The Morgan fingerprint density at radius 2 is 2.14 bits per heavy atom. The molecular formula is C9H16N4O. The van der Waals surface area contributed by atoms with E-state index in [1.54, 1.807) is 12.1 Å². The van der Waals surface area contributed by atoms with E-state index in [-0.39, 0.29) is 18.6 Å². The van der Waals surface area contributed by atoms with Crippen LogP contribution in [0.3, 0.4) is 0 Å². The molecule has 0 fully saturated rings. The Morgan fingerprint density at radius 3 is 2.64 bits per heavy atom. The smallest absolute Gasteiger partial charge is 0.149 e. The standard InChI is InChI=1S/C9H16N4O/c1-6(5-14)7(2)11-9-4-3-8(10)12-13-9/h3-4,6-7,14H,5H2,1-2H3,(H2,10,12)(H,11,13). The molecule has 14 heavy (non-hydrogen) atoms. The highest BCUT2D eigenvalue weighted by atomic mass is 16.3. The third kappa shape index (κ3) is 2.85. The third-order valence-corrected chi connectivity index (χ3v) is 2.20. The first-order chi connectivity index (χ1) is 6.63. The molecule has 78 valence electrons. The zero-order valence-corrected chi connectivity index (χ0v) is 8.44. The van der Waals surface area contributed by atoms with Gasteiger partial charge in [-0.25, -0.2) is 0 Å². The highest BCUT2D eigenvalue weighted by Gasteiger charge is 2.10. The quantitative estimate of drug-likeness (QED) is 0.652. The molecule has 0 spiro atoms. The van der Waals surface area contributed by atoms with Crippen LogP contribution in [0.4, 0.5) is 11.6 Å². The van der Waals surface area contributed by atoms with Gasteiger partial charge in [0.25, 0.3) is 0 Å². The molecule has 0 saturated heterocycles. The molecule has 0 aromatic carbocycles. The second kappa shape index (κ2) is 4.76. The maximum atomic E-state index is 8.93. The molecule has 1 rings (SSSR count). The van der Waals surface area contributed by atoms with Crippen molar-refractivity contribution < 1.29 is 5.11 Å². The van der Waals surface area contributed by atoms with E-state index in [4.69, 9.17) is 10.8 Å². The third-order valence-electron chi connectivity index (χ3n) is 2.20. The average Bonchev–Trinajstić information content (AvgIpc) is 2.20. The van der Waals surface area contributed by atoms with Crippen LogP contribution >= 0.6 is 0 Å². The van der Waals surface area contributed by atoms with E-state index in [9.17, 15) is 0 Å². The topological polar surface area (TPSA) is 84.1 Å². The van der Waals surface area contributed by atoms with E-state index < -0.39 is 0 Å². The Bertz CT molecular complexity index is 275. The number of nitrogens with zero attached hydrogens (tertiary/aromatic N) is 2. The number of aliphatic hydroxyl groups excluding tert-OH is 1. The van der Waals surface area contributed by atoms with Crippen LogP contribution in [0.25, 0.3) is 0 Å². The SMILES string of the molecule is CC(CO)C(C)Nc1ccc(N)nn1. The molecule has 2 unspecified atom stereocenters. The van der Waals surface area contributed by atoms with Gasteiger partial charge in [-0.2, -0.15) is 0 Å². The van der Waals surface area contributed by atoms with Gasteiger partial charge < -0.3 is 16.2 Å². The van der Waals surface area contributed by atoms with E-state index in [0.717, 1.165) is 0 Å². The van der Waals surface area contributed by atoms with Crippen molar-refractivity contribution >= 4 is 11.6 Å². The predicted octanol–water partition coefficient (Wildman–Crippen LogP) is 0.488. The molecule has 0 aliphatic heterocycles. The molecule has 0 aliphatic rings. The van der Waals surface area contributed by atoms with Gasteiger partial charge in [0.1, 0.15) is 11.6 Å². The molecule has 1 aromatic heterocycles. The van der Waals surface area contributed by atoms with Gasteiger partial charge in [0.2, 0.25) is 0 Å². The van der Waals surface area contributed by atoms with Crippen LogP contribution in [-0.2, 0) is 0 Å². The van der Waals surface area contributed by atoms with Crippen LogP contribution in [-0.4, -0.2) is 28.0 Å². The lowest BCUT2D eigenvalue weighted by molar-refractivity contribution is 0.226. The Morgan fingerprint density at radius 1 is 1.43 bits per heavy atom. The number of anilines is 2. The van der Waals surface area contributed by atoms with Gasteiger partial charge in [0, 0.05) is 12.6 Å². The summed E-state index contributed by atoms with van der Waals surface area (Å²) in [7, 11) is 0. The van der Waals surface area contributed by atoms with Gasteiger partial charge in [0.05, 0.1) is 0 Å². The Balaban J connectivity index is 2.56. The number of nitrogen functional groups attached to an aromatic ring is 1. The van der Waals surface area contributed by atoms with E-state index in [1.165, 1.54) is 0 Å². The van der Waals surface area contributed by atoms with Gasteiger partial charge >= 0.3 is 0 Å². The minimum atomic E-state index is 0.149. The monoisotopic (exact) mass is 196 g/mol.